The number of carbonyl (C=O) groups is 1. The summed E-state index contributed by atoms with van der Waals surface area (Å²) in [5, 5.41) is 9.57. The first-order valence-corrected chi connectivity index (χ1v) is 7.69. The maximum absolute atomic E-state index is 12.6. The highest BCUT2D eigenvalue weighted by Gasteiger charge is 2.30. The number of amides is 1. The fourth-order valence-electron chi connectivity index (χ4n) is 1.49. The van der Waals surface area contributed by atoms with Crippen LogP contribution >= 0.6 is 23.1 Å². The Bertz CT molecular complexity index is 674. The van der Waals surface area contributed by atoms with Crippen LogP contribution in [0.1, 0.15) is 12.5 Å². The Labute approximate surface area is 132 Å². The van der Waals surface area contributed by atoms with Crippen molar-refractivity contribution in [1.82, 2.24) is 10.2 Å². The molecule has 0 aliphatic carbocycles. The lowest BCUT2D eigenvalue weighted by molar-refractivity contribution is -0.137. The molecule has 0 radical (unpaired) electrons. The summed E-state index contributed by atoms with van der Waals surface area (Å²) in [6.45, 7) is 1.62. The minimum Gasteiger partial charge on any atom is -0.374 e. The zero-order valence-corrected chi connectivity index (χ0v) is 12.9. The van der Waals surface area contributed by atoms with E-state index < -0.39 is 22.9 Å². The number of halogens is 3. The molecule has 0 fully saturated rings. The molecule has 0 aliphatic heterocycles. The lowest BCUT2D eigenvalue weighted by Gasteiger charge is -2.12. The van der Waals surface area contributed by atoms with Crippen LogP contribution < -0.4 is 11.1 Å². The van der Waals surface area contributed by atoms with Gasteiger partial charge in [-0.3, -0.25) is 4.79 Å². The molecule has 1 atom stereocenters. The second-order valence-electron chi connectivity index (χ2n) is 4.23. The zero-order chi connectivity index (χ0) is 16.3. The van der Waals surface area contributed by atoms with Gasteiger partial charge < -0.3 is 11.1 Å². The minimum absolute atomic E-state index is 0.0871. The van der Waals surface area contributed by atoms with Gasteiger partial charge in [-0.2, -0.15) is 13.2 Å². The number of aromatic nitrogens is 2. The van der Waals surface area contributed by atoms with E-state index in [1.807, 2.05) is 0 Å². The van der Waals surface area contributed by atoms with E-state index >= 15 is 0 Å². The van der Waals surface area contributed by atoms with Crippen molar-refractivity contribution in [3.8, 4) is 0 Å². The van der Waals surface area contributed by atoms with Crippen LogP contribution in [0.15, 0.2) is 28.6 Å². The van der Waals surface area contributed by atoms with E-state index in [9.17, 15) is 18.0 Å². The van der Waals surface area contributed by atoms with E-state index in [-0.39, 0.29) is 10.8 Å². The molecule has 5 nitrogen and oxygen atoms in total. The summed E-state index contributed by atoms with van der Waals surface area (Å²) in [5.41, 5.74) is 4.71. The highest BCUT2D eigenvalue weighted by molar-refractivity contribution is 8.02. The van der Waals surface area contributed by atoms with E-state index in [2.05, 4.69) is 15.5 Å². The number of anilines is 2. The van der Waals surface area contributed by atoms with Crippen molar-refractivity contribution < 1.29 is 18.0 Å². The SMILES string of the molecule is C[C@H](Sc1nnc(N)s1)C(=O)Nc1cccc(C(F)(F)F)c1. The lowest BCUT2D eigenvalue weighted by Crippen LogP contribution is -2.22. The molecule has 0 spiro atoms. The predicted molar refractivity (Wildman–Crippen MR) is 79.7 cm³/mol. The van der Waals surface area contributed by atoms with Gasteiger partial charge in [0.05, 0.1) is 10.8 Å². The maximum atomic E-state index is 12.6. The summed E-state index contributed by atoms with van der Waals surface area (Å²) in [6, 6.07) is 4.46. The Kier molecular flexibility index (Phi) is 4.91. The van der Waals surface area contributed by atoms with E-state index in [4.69, 9.17) is 5.73 Å². The lowest BCUT2D eigenvalue weighted by atomic mass is 10.2. The van der Waals surface area contributed by atoms with Gasteiger partial charge in [0.25, 0.3) is 0 Å². The van der Waals surface area contributed by atoms with Crippen molar-refractivity contribution in [3.05, 3.63) is 29.8 Å². The third kappa shape index (κ3) is 4.34. The molecular weight excluding hydrogens is 337 g/mol. The predicted octanol–water partition coefficient (Wildman–Crippen LogP) is 3.26. The Morgan fingerprint density at radius 3 is 2.73 bits per heavy atom. The first-order chi connectivity index (χ1) is 10.3. The molecule has 0 unspecified atom stereocenters. The number of hydrogen-bond acceptors (Lipinski definition) is 6. The number of nitrogens with one attached hydrogen (secondary N) is 1. The van der Waals surface area contributed by atoms with Crippen LogP contribution in [0.5, 0.6) is 0 Å². The van der Waals surface area contributed by atoms with Gasteiger partial charge in [-0.15, -0.1) is 10.2 Å². The zero-order valence-electron chi connectivity index (χ0n) is 11.2. The molecule has 1 aromatic carbocycles. The number of carbonyl (C=O) groups excluding carboxylic acids is 1. The molecule has 1 amide bonds. The summed E-state index contributed by atoms with van der Waals surface area (Å²) in [5.74, 6) is -0.432. The average Bonchev–Trinajstić information content (AvgIpc) is 2.83. The van der Waals surface area contributed by atoms with Gasteiger partial charge in [-0.1, -0.05) is 29.2 Å². The molecule has 118 valence electrons. The van der Waals surface area contributed by atoms with Crippen molar-refractivity contribution in [2.75, 3.05) is 11.1 Å². The number of rotatable bonds is 4. The summed E-state index contributed by atoms with van der Waals surface area (Å²) >= 11 is 2.27. The standard InChI is InChI=1S/C12H11F3N4OS2/c1-6(21-11-19-18-10(16)22-11)9(20)17-8-4-2-3-7(5-8)12(13,14)15/h2-6H,1H3,(H2,16,18)(H,17,20)/t6-/m0/s1. The third-order valence-electron chi connectivity index (χ3n) is 2.53. The van der Waals surface area contributed by atoms with Crippen LogP contribution in [0.4, 0.5) is 24.0 Å². The van der Waals surface area contributed by atoms with Crippen LogP contribution in [0.3, 0.4) is 0 Å². The van der Waals surface area contributed by atoms with Crippen molar-refractivity contribution >= 4 is 39.8 Å². The van der Waals surface area contributed by atoms with Crippen molar-refractivity contribution in [2.45, 2.75) is 22.7 Å². The van der Waals surface area contributed by atoms with Gasteiger partial charge in [0.15, 0.2) is 4.34 Å². The highest BCUT2D eigenvalue weighted by atomic mass is 32.2. The number of hydrogen-bond donors (Lipinski definition) is 2. The summed E-state index contributed by atoms with van der Waals surface area (Å²) in [6.07, 6.45) is -4.45. The third-order valence-corrected chi connectivity index (χ3v) is 4.46. The number of alkyl halides is 3. The van der Waals surface area contributed by atoms with E-state index in [1.54, 1.807) is 6.92 Å². The van der Waals surface area contributed by atoms with Crippen LogP contribution in [-0.4, -0.2) is 21.4 Å². The molecular formula is C12H11F3N4OS2. The van der Waals surface area contributed by atoms with Gasteiger partial charge in [0.2, 0.25) is 11.0 Å². The van der Waals surface area contributed by atoms with Gasteiger partial charge in [-0.05, 0) is 25.1 Å². The van der Waals surface area contributed by atoms with E-state index in [0.29, 0.717) is 4.34 Å². The Morgan fingerprint density at radius 1 is 1.41 bits per heavy atom. The van der Waals surface area contributed by atoms with Gasteiger partial charge in [0.1, 0.15) is 0 Å². The van der Waals surface area contributed by atoms with Crippen LogP contribution in [-0.2, 0) is 11.0 Å². The summed E-state index contributed by atoms with van der Waals surface area (Å²) < 4.78 is 38.4. The van der Waals surface area contributed by atoms with Crippen molar-refractivity contribution in [3.63, 3.8) is 0 Å². The Morgan fingerprint density at radius 2 is 2.14 bits per heavy atom. The smallest absolute Gasteiger partial charge is 0.374 e. The fourth-order valence-corrected chi connectivity index (χ4v) is 3.27. The normalized spacial score (nSPS) is 12.9. The van der Waals surface area contributed by atoms with Crippen LogP contribution in [0.2, 0.25) is 0 Å². The van der Waals surface area contributed by atoms with E-state index in [1.165, 1.54) is 12.1 Å². The van der Waals surface area contributed by atoms with Crippen LogP contribution in [0, 0.1) is 0 Å². The van der Waals surface area contributed by atoms with Gasteiger partial charge in [0, 0.05) is 5.69 Å². The Hall–Kier alpha value is -1.81. The molecule has 2 rings (SSSR count). The molecule has 22 heavy (non-hydrogen) atoms. The molecule has 3 N–H and O–H groups in total. The molecule has 0 aliphatic rings. The van der Waals surface area contributed by atoms with Crippen LogP contribution in [0.25, 0.3) is 0 Å². The molecule has 1 aromatic heterocycles. The first-order valence-electron chi connectivity index (χ1n) is 5.99. The summed E-state index contributed by atoms with van der Waals surface area (Å²) in [4.78, 5) is 12.0. The van der Waals surface area contributed by atoms with Gasteiger partial charge >= 0.3 is 6.18 Å². The minimum atomic E-state index is -4.45. The molecule has 0 saturated carbocycles. The average molecular weight is 348 g/mol. The molecule has 1 heterocycles. The largest absolute Gasteiger partial charge is 0.416 e. The first kappa shape index (κ1) is 16.6. The molecule has 2 aromatic rings. The van der Waals surface area contributed by atoms with E-state index in [0.717, 1.165) is 35.2 Å². The van der Waals surface area contributed by atoms with Crippen molar-refractivity contribution in [2.24, 2.45) is 0 Å². The quantitative estimate of drug-likeness (QED) is 0.829. The second-order valence-corrected chi connectivity index (χ2v) is 6.83. The molecule has 10 heteroatoms. The molecule has 0 saturated heterocycles. The monoisotopic (exact) mass is 348 g/mol. The number of benzene rings is 1. The van der Waals surface area contributed by atoms with Gasteiger partial charge in [-0.25, -0.2) is 0 Å². The maximum Gasteiger partial charge on any atom is 0.416 e. The van der Waals surface area contributed by atoms with Crippen molar-refractivity contribution in [1.29, 1.82) is 0 Å². The molecule has 0 bridgehead atoms. The number of nitrogens with two attached hydrogens (primary N) is 1. The fraction of sp³-hybridized carbons (Fsp3) is 0.250. The second kappa shape index (κ2) is 6.53. The number of nitrogen functional groups attached to an aromatic ring is 1. The highest BCUT2D eigenvalue weighted by Crippen LogP contribution is 2.31. The topological polar surface area (TPSA) is 80.9 Å². The Balaban J connectivity index is 2.02. The number of thioether (sulfide) groups is 1. The number of nitrogens with zero attached hydrogens (tertiary/aromatic N) is 2. The summed E-state index contributed by atoms with van der Waals surface area (Å²) in [7, 11) is 0.